The molecule has 2 heterocycles. The van der Waals surface area contributed by atoms with Gasteiger partial charge in [-0.15, -0.1) is 0 Å². The van der Waals surface area contributed by atoms with Gasteiger partial charge in [-0.2, -0.15) is 0 Å². The van der Waals surface area contributed by atoms with E-state index in [4.69, 9.17) is 0 Å². The second-order valence-electron chi connectivity index (χ2n) is 5.62. The Morgan fingerprint density at radius 1 is 1.42 bits per heavy atom. The van der Waals surface area contributed by atoms with Crippen LogP contribution in [-0.2, 0) is 0 Å². The predicted octanol–water partition coefficient (Wildman–Crippen LogP) is 3.52. The number of aromatic nitrogens is 1. The summed E-state index contributed by atoms with van der Waals surface area (Å²) in [4.78, 5) is 7.08. The molecule has 0 spiro atoms. The van der Waals surface area contributed by atoms with Crippen LogP contribution in [-0.4, -0.2) is 24.1 Å². The lowest BCUT2D eigenvalue weighted by Gasteiger charge is -2.29. The monoisotopic (exact) mass is 261 g/mol. The molecule has 2 rings (SSSR count). The highest BCUT2D eigenvalue weighted by atomic mass is 15.2. The molecule has 0 saturated carbocycles. The van der Waals surface area contributed by atoms with E-state index in [0.29, 0.717) is 12.1 Å². The minimum absolute atomic E-state index is 0.397. The van der Waals surface area contributed by atoms with Crippen LogP contribution in [0.2, 0.25) is 0 Å². The first-order chi connectivity index (χ1) is 9.22. The normalized spacial score (nSPS) is 22.1. The zero-order valence-electron chi connectivity index (χ0n) is 12.5. The van der Waals surface area contributed by atoms with E-state index in [0.717, 1.165) is 18.9 Å². The number of pyridine rings is 1. The third-order valence-electron chi connectivity index (χ3n) is 4.13. The van der Waals surface area contributed by atoms with E-state index in [2.05, 4.69) is 48.1 Å². The molecule has 2 atom stereocenters. The highest BCUT2D eigenvalue weighted by Crippen LogP contribution is 2.24. The maximum Gasteiger partial charge on any atom is 0.129 e. The fraction of sp³-hybridized carbons (Fsp3) is 0.688. The van der Waals surface area contributed by atoms with Gasteiger partial charge in [0.25, 0.3) is 0 Å². The number of hydrogen-bond donors (Lipinski definition) is 1. The van der Waals surface area contributed by atoms with Crippen LogP contribution in [0.3, 0.4) is 0 Å². The lowest BCUT2D eigenvalue weighted by Crippen LogP contribution is -2.33. The first-order valence-electron chi connectivity index (χ1n) is 7.68. The number of nitrogens with zero attached hydrogens (tertiary/aromatic N) is 2. The summed E-state index contributed by atoms with van der Waals surface area (Å²) in [5, 5.41) is 3.47. The number of anilines is 1. The van der Waals surface area contributed by atoms with Crippen molar-refractivity contribution in [3.8, 4) is 0 Å². The van der Waals surface area contributed by atoms with Gasteiger partial charge in [0.05, 0.1) is 0 Å². The molecule has 0 aliphatic carbocycles. The number of hydrogen-bond acceptors (Lipinski definition) is 3. The Labute approximate surface area is 117 Å². The average molecular weight is 261 g/mol. The largest absolute Gasteiger partial charge is 0.354 e. The highest BCUT2D eigenvalue weighted by Gasteiger charge is 2.18. The Kier molecular flexibility index (Phi) is 5.20. The standard InChI is InChI=1S/C16H27N3/c1-4-17-14(3)15-9-10-18-16(12-15)19-11-7-5-6-8-13(19)2/h9-10,12-14,17H,4-8,11H2,1-3H3. The maximum absolute atomic E-state index is 4.60. The van der Waals surface area contributed by atoms with Crippen LogP contribution in [0.1, 0.15) is 58.1 Å². The van der Waals surface area contributed by atoms with Gasteiger partial charge < -0.3 is 10.2 Å². The van der Waals surface area contributed by atoms with Crippen molar-refractivity contribution in [3.63, 3.8) is 0 Å². The van der Waals surface area contributed by atoms with Gasteiger partial charge in [0, 0.05) is 24.8 Å². The number of rotatable bonds is 4. The lowest BCUT2D eigenvalue weighted by molar-refractivity contribution is 0.592. The fourth-order valence-corrected chi connectivity index (χ4v) is 2.90. The van der Waals surface area contributed by atoms with E-state index in [1.54, 1.807) is 0 Å². The van der Waals surface area contributed by atoms with E-state index < -0.39 is 0 Å². The van der Waals surface area contributed by atoms with Gasteiger partial charge in [-0.3, -0.25) is 0 Å². The molecule has 2 unspecified atom stereocenters. The Balaban J connectivity index is 2.16. The molecule has 1 aromatic heterocycles. The molecule has 0 bridgehead atoms. The summed E-state index contributed by atoms with van der Waals surface area (Å²) in [7, 11) is 0. The Morgan fingerprint density at radius 2 is 2.26 bits per heavy atom. The summed E-state index contributed by atoms with van der Waals surface area (Å²) in [5.74, 6) is 1.15. The summed E-state index contributed by atoms with van der Waals surface area (Å²) >= 11 is 0. The molecule has 1 aliphatic rings. The van der Waals surface area contributed by atoms with Crippen LogP contribution in [0.4, 0.5) is 5.82 Å². The van der Waals surface area contributed by atoms with Gasteiger partial charge in [-0.1, -0.05) is 19.8 Å². The van der Waals surface area contributed by atoms with Gasteiger partial charge in [0.2, 0.25) is 0 Å². The van der Waals surface area contributed by atoms with Crippen molar-refractivity contribution in [2.24, 2.45) is 0 Å². The topological polar surface area (TPSA) is 28.2 Å². The molecule has 3 nitrogen and oxygen atoms in total. The number of nitrogens with one attached hydrogen (secondary N) is 1. The summed E-state index contributed by atoms with van der Waals surface area (Å²) < 4.78 is 0. The van der Waals surface area contributed by atoms with Crippen molar-refractivity contribution in [1.29, 1.82) is 0 Å². The molecule has 1 saturated heterocycles. The minimum Gasteiger partial charge on any atom is -0.354 e. The van der Waals surface area contributed by atoms with Gasteiger partial charge in [-0.05, 0) is 50.9 Å². The maximum atomic E-state index is 4.60. The molecular formula is C16H27N3. The van der Waals surface area contributed by atoms with Crippen molar-refractivity contribution >= 4 is 5.82 Å². The highest BCUT2D eigenvalue weighted by molar-refractivity contribution is 5.43. The van der Waals surface area contributed by atoms with E-state index in [1.807, 2.05) is 6.20 Å². The second kappa shape index (κ2) is 6.90. The quantitative estimate of drug-likeness (QED) is 0.899. The van der Waals surface area contributed by atoms with Gasteiger partial charge in [0.15, 0.2) is 0 Å². The zero-order chi connectivity index (χ0) is 13.7. The predicted molar refractivity (Wildman–Crippen MR) is 81.6 cm³/mol. The molecule has 1 aliphatic heterocycles. The lowest BCUT2D eigenvalue weighted by atomic mass is 10.1. The first kappa shape index (κ1) is 14.3. The van der Waals surface area contributed by atoms with E-state index in [9.17, 15) is 0 Å². The molecule has 3 heteroatoms. The Bertz CT molecular complexity index is 391. The van der Waals surface area contributed by atoms with Gasteiger partial charge >= 0.3 is 0 Å². The summed E-state index contributed by atoms with van der Waals surface area (Å²) in [6.07, 6.45) is 7.24. The SMILES string of the molecule is CCNC(C)c1ccnc(N2CCCCCC2C)c1. The molecule has 0 aromatic carbocycles. The van der Waals surface area contributed by atoms with Crippen LogP contribution in [0.5, 0.6) is 0 Å². The molecule has 1 fully saturated rings. The van der Waals surface area contributed by atoms with Crippen LogP contribution < -0.4 is 10.2 Å². The van der Waals surface area contributed by atoms with Crippen molar-refractivity contribution in [2.45, 2.75) is 58.5 Å². The second-order valence-corrected chi connectivity index (χ2v) is 5.62. The molecule has 0 radical (unpaired) electrons. The van der Waals surface area contributed by atoms with E-state index in [-0.39, 0.29) is 0 Å². The molecular weight excluding hydrogens is 234 g/mol. The molecule has 0 amide bonds. The van der Waals surface area contributed by atoms with Crippen LogP contribution >= 0.6 is 0 Å². The van der Waals surface area contributed by atoms with Crippen LogP contribution in [0, 0.1) is 0 Å². The summed E-state index contributed by atoms with van der Waals surface area (Å²) in [5.41, 5.74) is 1.34. The summed E-state index contributed by atoms with van der Waals surface area (Å²) in [6, 6.07) is 5.39. The van der Waals surface area contributed by atoms with Crippen molar-refractivity contribution in [1.82, 2.24) is 10.3 Å². The molecule has 1 N–H and O–H groups in total. The van der Waals surface area contributed by atoms with Crippen LogP contribution in [0.15, 0.2) is 18.3 Å². The van der Waals surface area contributed by atoms with E-state index >= 15 is 0 Å². The fourth-order valence-electron chi connectivity index (χ4n) is 2.90. The summed E-state index contributed by atoms with van der Waals surface area (Å²) in [6.45, 7) is 8.84. The van der Waals surface area contributed by atoms with Gasteiger partial charge in [0.1, 0.15) is 5.82 Å². The molecule has 106 valence electrons. The van der Waals surface area contributed by atoms with Crippen molar-refractivity contribution in [3.05, 3.63) is 23.9 Å². The minimum atomic E-state index is 0.397. The third kappa shape index (κ3) is 3.69. The van der Waals surface area contributed by atoms with Gasteiger partial charge in [-0.25, -0.2) is 4.98 Å². The van der Waals surface area contributed by atoms with E-state index in [1.165, 1.54) is 31.2 Å². The third-order valence-corrected chi connectivity index (χ3v) is 4.13. The van der Waals surface area contributed by atoms with Crippen molar-refractivity contribution < 1.29 is 0 Å². The average Bonchev–Trinajstić information content (AvgIpc) is 2.64. The smallest absolute Gasteiger partial charge is 0.129 e. The molecule has 1 aromatic rings. The Morgan fingerprint density at radius 3 is 3.05 bits per heavy atom. The Hall–Kier alpha value is -1.09. The zero-order valence-corrected chi connectivity index (χ0v) is 12.5. The van der Waals surface area contributed by atoms with Crippen molar-refractivity contribution in [2.75, 3.05) is 18.0 Å². The molecule has 19 heavy (non-hydrogen) atoms. The van der Waals surface area contributed by atoms with Crippen LogP contribution in [0.25, 0.3) is 0 Å². The first-order valence-corrected chi connectivity index (χ1v) is 7.68.